The summed E-state index contributed by atoms with van der Waals surface area (Å²) in [5.74, 6) is 0. The molecule has 0 saturated heterocycles. The zero-order valence-corrected chi connectivity index (χ0v) is 22.9. The van der Waals surface area contributed by atoms with Gasteiger partial charge >= 0.3 is 0 Å². The van der Waals surface area contributed by atoms with Crippen LogP contribution in [0.15, 0.2) is 147 Å². The first-order valence-corrected chi connectivity index (χ1v) is 14.5. The molecule has 0 radical (unpaired) electrons. The maximum absolute atomic E-state index is 6.50. The summed E-state index contributed by atoms with van der Waals surface area (Å²) in [6.45, 7) is 0. The van der Waals surface area contributed by atoms with Crippen LogP contribution in [0.3, 0.4) is 0 Å². The Morgan fingerprint density at radius 1 is 0.326 bits per heavy atom. The van der Waals surface area contributed by atoms with Crippen molar-refractivity contribution in [2.24, 2.45) is 0 Å². The standard InChI is InChI=1S/C40H22O3/c1-3-10-29-27(8-1)38(23-14-17-36-33(21-23)25-7-5-6-12-35(25)42-36)28-9-2-4-11-30(28)39(29)24-13-15-26-31-16-18-34-32(19-20-41-34)40(31)43-37(26)22-24/h1-22H. The third kappa shape index (κ3) is 3.14. The number of para-hydroxylation sites is 1. The van der Waals surface area contributed by atoms with Gasteiger partial charge in [-0.15, -0.1) is 0 Å². The van der Waals surface area contributed by atoms with Gasteiger partial charge in [0.15, 0.2) is 0 Å². The molecule has 0 fully saturated rings. The summed E-state index contributed by atoms with van der Waals surface area (Å²) < 4.78 is 18.3. The van der Waals surface area contributed by atoms with E-state index < -0.39 is 0 Å². The molecule has 0 bridgehead atoms. The van der Waals surface area contributed by atoms with E-state index in [1.165, 1.54) is 38.2 Å². The Morgan fingerprint density at radius 2 is 0.884 bits per heavy atom. The fourth-order valence-electron chi connectivity index (χ4n) is 7.07. The van der Waals surface area contributed by atoms with Gasteiger partial charge in [0.25, 0.3) is 0 Å². The summed E-state index contributed by atoms with van der Waals surface area (Å²) in [7, 11) is 0. The predicted octanol–water partition coefficient (Wildman–Crippen LogP) is 11.9. The molecule has 10 aromatic rings. The summed E-state index contributed by atoms with van der Waals surface area (Å²) in [6.07, 6.45) is 1.72. The third-order valence-electron chi connectivity index (χ3n) is 8.96. The fourth-order valence-corrected chi connectivity index (χ4v) is 7.07. The number of fused-ring (bicyclic) bond motifs is 10. The summed E-state index contributed by atoms with van der Waals surface area (Å²) in [5, 5.41) is 10.3. The number of rotatable bonds is 2. The molecular formula is C40H22O3. The second-order valence-corrected chi connectivity index (χ2v) is 11.2. The lowest BCUT2D eigenvalue weighted by Crippen LogP contribution is -1.90. The number of hydrogen-bond donors (Lipinski definition) is 0. The van der Waals surface area contributed by atoms with Gasteiger partial charge in [0.1, 0.15) is 27.9 Å². The van der Waals surface area contributed by atoms with Crippen LogP contribution in [0.25, 0.3) is 98.6 Å². The molecule has 0 spiro atoms. The van der Waals surface area contributed by atoms with Crippen LogP contribution >= 0.6 is 0 Å². The van der Waals surface area contributed by atoms with Crippen LogP contribution < -0.4 is 0 Å². The first-order chi connectivity index (χ1) is 21.3. The Hall–Kier alpha value is -5.80. The second-order valence-electron chi connectivity index (χ2n) is 11.2. The van der Waals surface area contributed by atoms with E-state index in [4.69, 9.17) is 13.3 Å². The molecule has 3 heteroatoms. The molecule has 3 aromatic heterocycles. The molecule has 0 amide bonds. The van der Waals surface area contributed by atoms with Gasteiger partial charge in [0, 0.05) is 21.5 Å². The molecule has 43 heavy (non-hydrogen) atoms. The average molecular weight is 551 g/mol. The van der Waals surface area contributed by atoms with Gasteiger partial charge in [-0.05, 0) is 92.3 Å². The van der Waals surface area contributed by atoms with Gasteiger partial charge in [0.05, 0.1) is 11.6 Å². The highest BCUT2D eigenvalue weighted by atomic mass is 16.3. The highest BCUT2D eigenvalue weighted by molar-refractivity contribution is 6.23. The highest BCUT2D eigenvalue weighted by Crippen LogP contribution is 2.46. The first-order valence-electron chi connectivity index (χ1n) is 14.5. The van der Waals surface area contributed by atoms with Gasteiger partial charge in [0.2, 0.25) is 0 Å². The molecular weight excluding hydrogens is 528 g/mol. The molecule has 0 unspecified atom stereocenters. The lowest BCUT2D eigenvalue weighted by molar-refractivity contribution is 0.615. The number of benzene rings is 7. The lowest BCUT2D eigenvalue weighted by Gasteiger charge is -2.17. The number of hydrogen-bond acceptors (Lipinski definition) is 3. The molecule has 0 aliphatic heterocycles. The van der Waals surface area contributed by atoms with Gasteiger partial charge in [-0.25, -0.2) is 0 Å². The summed E-state index contributed by atoms with van der Waals surface area (Å²) >= 11 is 0. The van der Waals surface area contributed by atoms with E-state index in [9.17, 15) is 0 Å². The molecule has 0 N–H and O–H groups in total. The largest absolute Gasteiger partial charge is 0.464 e. The summed E-state index contributed by atoms with van der Waals surface area (Å²) in [6, 6.07) is 45.0. The Morgan fingerprint density at radius 3 is 1.63 bits per heavy atom. The molecule has 0 aliphatic carbocycles. The van der Waals surface area contributed by atoms with Crippen LogP contribution in [0.5, 0.6) is 0 Å². The van der Waals surface area contributed by atoms with E-state index in [0.717, 1.165) is 60.4 Å². The SMILES string of the molecule is c1ccc2c(c1)oc1ccc(-c3c4ccccc4c(-c4ccc5c(c4)oc4c6ccoc6ccc54)c4ccccc34)cc12. The van der Waals surface area contributed by atoms with Gasteiger partial charge in [-0.2, -0.15) is 0 Å². The molecule has 3 nitrogen and oxygen atoms in total. The molecule has 200 valence electrons. The minimum absolute atomic E-state index is 0.834. The average Bonchev–Trinajstić information content (AvgIpc) is 3.78. The Labute approximate surface area is 245 Å². The van der Waals surface area contributed by atoms with Gasteiger partial charge in [-0.1, -0.05) is 78.9 Å². The summed E-state index contributed by atoms with van der Waals surface area (Å²) in [4.78, 5) is 0. The van der Waals surface area contributed by atoms with E-state index in [2.05, 4.69) is 103 Å². The van der Waals surface area contributed by atoms with Crippen molar-refractivity contribution in [3.8, 4) is 22.3 Å². The fraction of sp³-hybridized carbons (Fsp3) is 0. The second kappa shape index (κ2) is 8.37. The topological polar surface area (TPSA) is 39.4 Å². The molecule has 7 aromatic carbocycles. The minimum Gasteiger partial charge on any atom is -0.464 e. The third-order valence-corrected chi connectivity index (χ3v) is 8.96. The van der Waals surface area contributed by atoms with E-state index in [0.29, 0.717) is 0 Å². The van der Waals surface area contributed by atoms with Crippen LogP contribution in [0.2, 0.25) is 0 Å². The molecule has 0 aliphatic rings. The molecule has 0 saturated carbocycles. The van der Waals surface area contributed by atoms with Crippen molar-refractivity contribution in [3.05, 3.63) is 134 Å². The van der Waals surface area contributed by atoms with Crippen LogP contribution in [0, 0.1) is 0 Å². The zero-order valence-electron chi connectivity index (χ0n) is 22.9. The van der Waals surface area contributed by atoms with Gasteiger partial charge in [-0.3, -0.25) is 0 Å². The quantitative estimate of drug-likeness (QED) is 0.201. The Balaban J connectivity index is 1.27. The predicted molar refractivity (Wildman–Crippen MR) is 177 cm³/mol. The first kappa shape index (κ1) is 22.8. The normalized spacial score (nSPS) is 12.2. The van der Waals surface area contributed by atoms with E-state index in [1.54, 1.807) is 6.26 Å². The van der Waals surface area contributed by atoms with Crippen molar-refractivity contribution in [1.82, 2.24) is 0 Å². The van der Waals surface area contributed by atoms with Crippen LogP contribution in [0.1, 0.15) is 0 Å². The minimum atomic E-state index is 0.834. The van der Waals surface area contributed by atoms with E-state index in [-0.39, 0.29) is 0 Å². The Bertz CT molecular complexity index is 2680. The monoisotopic (exact) mass is 550 g/mol. The van der Waals surface area contributed by atoms with E-state index in [1.807, 2.05) is 24.3 Å². The van der Waals surface area contributed by atoms with E-state index >= 15 is 0 Å². The van der Waals surface area contributed by atoms with Crippen molar-refractivity contribution in [2.75, 3.05) is 0 Å². The smallest absolute Gasteiger partial charge is 0.146 e. The Kier molecular flexibility index (Phi) is 4.45. The lowest BCUT2D eigenvalue weighted by atomic mass is 9.85. The van der Waals surface area contributed by atoms with Gasteiger partial charge < -0.3 is 13.3 Å². The van der Waals surface area contributed by atoms with Crippen molar-refractivity contribution in [3.63, 3.8) is 0 Å². The molecule has 0 atom stereocenters. The van der Waals surface area contributed by atoms with Crippen LogP contribution in [-0.2, 0) is 0 Å². The van der Waals surface area contributed by atoms with Crippen molar-refractivity contribution in [1.29, 1.82) is 0 Å². The van der Waals surface area contributed by atoms with Crippen LogP contribution in [-0.4, -0.2) is 0 Å². The summed E-state index contributed by atoms with van der Waals surface area (Å²) in [5.41, 5.74) is 9.13. The zero-order chi connectivity index (χ0) is 28.1. The number of furan rings is 3. The van der Waals surface area contributed by atoms with Crippen molar-refractivity contribution >= 4 is 76.4 Å². The molecule has 10 rings (SSSR count). The highest BCUT2D eigenvalue weighted by Gasteiger charge is 2.19. The maximum Gasteiger partial charge on any atom is 0.146 e. The van der Waals surface area contributed by atoms with Crippen molar-refractivity contribution in [2.45, 2.75) is 0 Å². The van der Waals surface area contributed by atoms with Crippen molar-refractivity contribution < 1.29 is 13.3 Å². The maximum atomic E-state index is 6.50. The van der Waals surface area contributed by atoms with Crippen LogP contribution in [0.4, 0.5) is 0 Å². The molecule has 3 heterocycles.